The Morgan fingerprint density at radius 1 is 1.50 bits per heavy atom. The molecule has 1 unspecified atom stereocenters. The van der Waals surface area contributed by atoms with Gasteiger partial charge in [0.2, 0.25) is 0 Å². The molecule has 0 aromatic carbocycles. The molecule has 2 heterocycles. The monoisotopic (exact) mass is 247 g/mol. The van der Waals surface area contributed by atoms with Gasteiger partial charge >= 0.3 is 0 Å². The van der Waals surface area contributed by atoms with Crippen LogP contribution in [-0.2, 0) is 13.1 Å². The lowest BCUT2D eigenvalue weighted by Gasteiger charge is -2.17. The third-order valence-electron chi connectivity index (χ3n) is 3.61. The van der Waals surface area contributed by atoms with Gasteiger partial charge in [0.05, 0.1) is 5.69 Å². The fraction of sp³-hybridized carbons (Fsp3) is 0.667. The summed E-state index contributed by atoms with van der Waals surface area (Å²) < 4.78 is 0. The quantitative estimate of drug-likeness (QED) is 0.783. The highest BCUT2D eigenvalue weighted by atomic mass is 15.1. The highest BCUT2D eigenvalue weighted by Gasteiger charge is 2.19. The Balaban J connectivity index is 1.94. The van der Waals surface area contributed by atoms with Crippen LogP contribution in [0.4, 0.5) is 0 Å². The van der Waals surface area contributed by atoms with Crippen LogP contribution in [0, 0.1) is 5.92 Å². The van der Waals surface area contributed by atoms with Crippen molar-refractivity contribution in [2.45, 2.75) is 39.8 Å². The molecule has 0 saturated carbocycles. The minimum Gasteiger partial charge on any atom is -0.313 e. The van der Waals surface area contributed by atoms with Crippen LogP contribution in [0.5, 0.6) is 0 Å². The van der Waals surface area contributed by atoms with E-state index in [1.165, 1.54) is 37.2 Å². The zero-order valence-corrected chi connectivity index (χ0v) is 11.7. The lowest BCUT2D eigenvalue weighted by molar-refractivity contribution is 0.315. The predicted octanol–water partition coefficient (Wildman–Crippen LogP) is 2.42. The molecule has 18 heavy (non-hydrogen) atoms. The van der Waals surface area contributed by atoms with Crippen molar-refractivity contribution in [2.24, 2.45) is 5.92 Å². The number of likely N-dealkylation sites (tertiary alicyclic amines) is 1. The SMILES string of the molecule is CCCNCc1cccnc1CN1CCC(C)C1. The van der Waals surface area contributed by atoms with E-state index in [1.54, 1.807) is 0 Å². The molecular formula is C15H25N3. The van der Waals surface area contributed by atoms with E-state index in [1.807, 2.05) is 12.3 Å². The maximum absolute atomic E-state index is 4.56. The number of pyridine rings is 1. The van der Waals surface area contributed by atoms with Gasteiger partial charge in [0.1, 0.15) is 0 Å². The normalized spacial score (nSPS) is 20.4. The number of nitrogens with zero attached hydrogens (tertiary/aromatic N) is 2. The Labute approximate surface area is 111 Å². The summed E-state index contributed by atoms with van der Waals surface area (Å²) in [6.45, 7) is 10.0. The molecule has 3 heteroatoms. The van der Waals surface area contributed by atoms with Gasteiger partial charge in [0.25, 0.3) is 0 Å². The van der Waals surface area contributed by atoms with E-state index < -0.39 is 0 Å². The summed E-state index contributed by atoms with van der Waals surface area (Å²) in [5.41, 5.74) is 2.60. The van der Waals surface area contributed by atoms with Crippen molar-refractivity contribution < 1.29 is 0 Å². The maximum Gasteiger partial charge on any atom is 0.0588 e. The molecular weight excluding hydrogens is 222 g/mol. The minimum atomic E-state index is 0.843. The summed E-state index contributed by atoms with van der Waals surface area (Å²) in [4.78, 5) is 7.09. The Morgan fingerprint density at radius 2 is 2.39 bits per heavy atom. The van der Waals surface area contributed by atoms with Crippen LogP contribution in [0.2, 0.25) is 0 Å². The van der Waals surface area contributed by atoms with E-state index >= 15 is 0 Å². The number of rotatable bonds is 6. The van der Waals surface area contributed by atoms with Gasteiger partial charge in [-0.25, -0.2) is 0 Å². The first-order valence-electron chi connectivity index (χ1n) is 7.15. The molecule has 0 radical (unpaired) electrons. The van der Waals surface area contributed by atoms with Crippen molar-refractivity contribution >= 4 is 0 Å². The Morgan fingerprint density at radius 3 is 3.11 bits per heavy atom. The third-order valence-corrected chi connectivity index (χ3v) is 3.61. The van der Waals surface area contributed by atoms with E-state index in [9.17, 15) is 0 Å². The first kappa shape index (κ1) is 13.5. The molecule has 0 amide bonds. The average molecular weight is 247 g/mol. The summed E-state index contributed by atoms with van der Waals surface area (Å²) in [7, 11) is 0. The van der Waals surface area contributed by atoms with Gasteiger partial charge in [-0.15, -0.1) is 0 Å². The first-order chi connectivity index (χ1) is 8.79. The van der Waals surface area contributed by atoms with Gasteiger partial charge in [-0.3, -0.25) is 9.88 Å². The van der Waals surface area contributed by atoms with Gasteiger partial charge in [-0.05, 0) is 43.5 Å². The second-order valence-corrected chi connectivity index (χ2v) is 5.41. The smallest absolute Gasteiger partial charge is 0.0588 e. The van der Waals surface area contributed by atoms with Crippen molar-refractivity contribution in [3.05, 3.63) is 29.6 Å². The van der Waals surface area contributed by atoms with Crippen LogP contribution in [0.3, 0.4) is 0 Å². The largest absolute Gasteiger partial charge is 0.313 e. The topological polar surface area (TPSA) is 28.2 Å². The molecule has 2 rings (SSSR count). The molecule has 3 nitrogen and oxygen atoms in total. The molecule has 100 valence electrons. The summed E-state index contributed by atoms with van der Waals surface area (Å²) >= 11 is 0. The van der Waals surface area contributed by atoms with E-state index in [4.69, 9.17) is 0 Å². The van der Waals surface area contributed by atoms with Gasteiger partial charge < -0.3 is 5.32 Å². The zero-order chi connectivity index (χ0) is 12.8. The lowest BCUT2D eigenvalue weighted by atomic mass is 10.1. The van der Waals surface area contributed by atoms with Crippen LogP contribution < -0.4 is 5.32 Å². The summed E-state index contributed by atoms with van der Waals surface area (Å²) in [6, 6.07) is 4.24. The van der Waals surface area contributed by atoms with Gasteiger partial charge in [-0.1, -0.05) is 19.9 Å². The lowest BCUT2D eigenvalue weighted by Crippen LogP contribution is -2.23. The highest BCUT2D eigenvalue weighted by molar-refractivity contribution is 5.19. The molecule has 1 fully saturated rings. The van der Waals surface area contributed by atoms with Crippen molar-refractivity contribution in [3.63, 3.8) is 0 Å². The Bertz CT molecular complexity index is 365. The Kier molecular flexibility index (Phi) is 5.14. The van der Waals surface area contributed by atoms with Crippen LogP contribution >= 0.6 is 0 Å². The molecule has 0 spiro atoms. The van der Waals surface area contributed by atoms with Crippen molar-refractivity contribution in [1.82, 2.24) is 15.2 Å². The predicted molar refractivity (Wildman–Crippen MR) is 75.3 cm³/mol. The van der Waals surface area contributed by atoms with Crippen LogP contribution in [0.25, 0.3) is 0 Å². The highest BCUT2D eigenvalue weighted by Crippen LogP contribution is 2.18. The van der Waals surface area contributed by atoms with Crippen LogP contribution in [0.1, 0.15) is 37.9 Å². The van der Waals surface area contributed by atoms with E-state index in [0.717, 1.165) is 25.6 Å². The summed E-state index contributed by atoms with van der Waals surface area (Å²) in [6.07, 6.45) is 4.42. The molecule has 1 aliphatic rings. The van der Waals surface area contributed by atoms with E-state index in [0.29, 0.717) is 0 Å². The van der Waals surface area contributed by atoms with Gasteiger partial charge in [0.15, 0.2) is 0 Å². The second kappa shape index (κ2) is 6.86. The standard InChI is InChI=1S/C15H25N3/c1-3-7-16-10-14-5-4-8-17-15(14)12-18-9-6-13(2)11-18/h4-5,8,13,16H,3,6-7,9-12H2,1-2H3. The molecule has 1 saturated heterocycles. The molecule has 1 aromatic rings. The maximum atomic E-state index is 4.56. The number of hydrogen-bond donors (Lipinski definition) is 1. The third kappa shape index (κ3) is 3.79. The summed E-state index contributed by atoms with van der Waals surface area (Å²) in [5, 5.41) is 3.47. The minimum absolute atomic E-state index is 0.843. The second-order valence-electron chi connectivity index (χ2n) is 5.41. The number of hydrogen-bond acceptors (Lipinski definition) is 3. The van der Waals surface area contributed by atoms with Crippen molar-refractivity contribution in [1.29, 1.82) is 0 Å². The van der Waals surface area contributed by atoms with Crippen LogP contribution in [-0.4, -0.2) is 29.5 Å². The fourth-order valence-electron chi connectivity index (χ4n) is 2.56. The molecule has 0 bridgehead atoms. The van der Waals surface area contributed by atoms with Crippen LogP contribution in [0.15, 0.2) is 18.3 Å². The first-order valence-corrected chi connectivity index (χ1v) is 7.15. The molecule has 1 aliphatic heterocycles. The molecule has 1 atom stereocenters. The van der Waals surface area contributed by atoms with Crippen molar-refractivity contribution in [2.75, 3.05) is 19.6 Å². The molecule has 1 aromatic heterocycles. The average Bonchev–Trinajstić information content (AvgIpc) is 2.77. The molecule has 0 aliphatic carbocycles. The van der Waals surface area contributed by atoms with Crippen molar-refractivity contribution in [3.8, 4) is 0 Å². The summed E-state index contributed by atoms with van der Waals surface area (Å²) in [5.74, 6) is 0.843. The van der Waals surface area contributed by atoms with E-state index in [2.05, 4.69) is 35.1 Å². The molecule has 1 N–H and O–H groups in total. The van der Waals surface area contributed by atoms with Gasteiger partial charge in [0, 0.05) is 25.8 Å². The zero-order valence-electron chi connectivity index (χ0n) is 11.7. The fourth-order valence-corrected chi connectivity index (χ4v) is 2.56. The van der Waals surface area contributed by atoms with E-state index in [-0.39, 0.29) is 0 Å². The Hall–Kier alpha value is -0.930. The van der Waals surface area contributed by atoms with Gasteiger partial charge in [-0.2, -0.15) is 0 Å². The number of nitrogens with one attached hydrogen (secondary N) is 1. The number of aromatic nitrogens is 1.